The van der Waals surface area contributed by atoms with E-state index in [4.69, 9.17) is 5.73 Å². The minimum atomic E-state index is -1.22. The molecule has 11 heteroatoms. The van der Waals surface area contributed by atoms with Crippen LogP contribution in [0, 0.1) is 11.8 Å². The Hall–Kier alpha value is -3.73. The van der Waals surface area contributed by atoms with E-state index in [1.54, 1.807) is 27.7 Å². The van der Waals surface area contributed by atoms with Gasteiger partial charge in [-0.25, -0.2) is 9.78 Å². The van der Waals surface area contributed by atoms with Gasteiger partial charge < -0.3 is 31.8 Å². The number of aromatic amines is 1. The number of nitrogens with one attached hydrogen (secondary N) is 4. The van der Waals surface area contributed by atoms with Crippen LogP contribution in [-0.2, 0) is 32.0 Å². The van der Waals surface area contributed by atoms with Crippen molar-refractivity contribution in [1.29, 1.82) is 0 Å². The zero-order valence-electron chi connectivity index (χ0n) is 21.0. The number of benzene rings is 1. The van der Waals surface area contributed by atoms with E-state index < -0.39 is 47.9 Å². The zero-order valence-corrected chi connectivity index (χ0v) is 21.0. The van der Waals surface area contributed by atoms with E-state index in [-0.39, 0.29) is 18.3 Å². The van der Waals surface area contributed by atoms with Crippen molar-refractivity contribution in [3.63, 3.8) is 0 Å². The van der Waals surface area contributed by atoms with Crippen LogP contribution in [0.5, 0.6) is 0 Å². The van der Waals surface area contributed by atoms with Crippen molar-refractivity contribution < 1.29 is 24.3 Å². The highest BCUT2D eigenvalue weighted by Crippen LogP contribution is 2.09. The maximum absolute atomic E-state index is 13.1. The number of H-pyrrole nitrogens is 1. The molecule has 0 spiro atoms. The van der Waals surface area contributed by atoms with Gasteiger partial charge in [-0.1, -0.05) is 58.0 Å². The molecule has 1 aromatic heterocycles. The van der Waals surface area contributed by atoms with Crippen molar-refractivity contribution in [1.82, 2.24) is 25.9 Å². The van der Waals surface area contributed by atoms with Gasteiger partial charge in [0.05, 0.1) is 12.4 Å². The third kappa shape index (κ3) is 8.49. The molecule has 3 amide bonds. The van der Waals surface area contributed by atoms with E-state index in [0.717, 1.165) is 5.56 Å². The van der Waals surface area contributed by atoms with E-state index in [2.05, 4.69) is 25.9 Å². The third-order valence-corrected chi connectivity index (χ3v) is 5.72. The third-order valence-electron chi connectivity index (χ3n) is 5.72. The van der Waals surface area contributed by atoms with Crippen molar-refractivity contribution in [3.8, 4) is 0 Å². The number of nitrogens with zero attached hydrogens (tertiary/aromatic N) is 1. The first-order valence-corrected chi connectivity index (χ1v) is 11.9. The number of imidazole rings is 1. The molecule has 0 saturated carbocycles. The Morgan fingerprint density at radius 1 is 0.889 bits per heavy atom. The summed E-state index contributed by atoms with van der Waals surface area (Å²) in [6.07, 6.45) is 3.20. The Bertz CT molecular complexity index is 1010. The Labute approximate surface area is 210 Å². The van der Waals surface area contributed by atoms with Gasteiger partial charge in [0.25, 0.3) is 0 Å². The van der Waals surface area contributed by atoms with E-state index in [0.29, 0.717) is 12.1 Å². The van der Waals surface area contributed by atoms with Gasteiger partial charge in [0.15, 0.2) is 0 Å². The fourth-order valence-electron chi connectivity index (χ4n) is 3.61. The fourth-order valence-corrected chi connectivity index (χ4v) is 3.61. The number of rotatable bonds is 13. The molecular formula is C25H36N6O5. The number of amides is 3. The molecule has 0 aliphatic carbocycles. The minimum Gasteiger partial charge on any atom is -0.480 e. The maximum Gasteiger partial charge on any atom is 0.326 e. The van der Waals surface area contributed by atoms with Crippen molar-refractivity contribution >= 4 is 23.7 Å². The number of carboxylic acids is 1. The molecule has 196 valence electrons. The van der Waals surface area contributed by atoms with Crippen LogP contribution in [0.4, 0.5) is 0 Å². The van der Waals surface area contributed by atoms with Crippen LogP contribution in [0.3, 0.4) is 0 Å². The number of carbonyl (C=O) groups is 4. The number of carboxylic acid groups (broad SMARTS) is 1. The largest absolute Gasteiger partial charge is 0.480 e. The second-order valence-corrected chi connectivity index (χ2v) is 9.44. The number of hydrogen-bond acceptors (Lipinski definition) is 6. The van der Waals surface area contributed by atoms with Crippen molar-refractivity contribution in [2.75, 3.05) is 0 Å². The molecule has 0 aliphatic rings. The molecular weight excluding hydrogens is 464 g/mol. The Balaban J connectivity index is 2.05. The fraction of sp³-hybridized carbons (Fsp3) is 0.480. The summed E-state index contributed by atoms with van der Waals surface area (Å²) in [5, 5.41) is 17.4. The molecule has 36 heavy (non-hydrogen) atoms. The molecule has 0 fully saturated rings. The summed E-state index contributed by atoms with van der Waals surface area (Å²) < 4.78 is 0. The van der Waals surface area contributed by atoms with Crippen molar-refractivity contribution in [2.45, 2.75) is 64.7 Å². The lowest BCUT2D eigenvalue weighted by atomic mass is 9.98. The van der Waals surface area contributed by atoms with Crippen LogP contribution in [0.25, 0.3) is 0 Å². The number of hydrogen-bond donors (Lipinski definition) is 6. The van der Waals surface area contributed by atoms with Crippen LogP contribution in [0.2, 0.25) is 0 Å². The van der Waals surface area contributed by atoms with E-state index in [9.17, 15) is 24.3 Å². The summed E-state index contributed by atoms with van der Waals surface area (Å²) in [6.45, 7) is 6.99. The topological polar surface area (TPSA) is 179 Å². The zero-order chi connectivity index (χ0) is 26.8. The van der Waals surface area contributed by atoms with E-state index in [1.165, 1.54) is 12.5 Å². The Morgan fingerprint density at radius 3 is 1.94 bits per heavy atom. The van der Waals surface area contributed by atoms with Crippen molar-refractivity contribution in [3.05, 3.63) is 54.1 Å². The minimum absolute atomic E-state index is 0.00378. The summed E-state index contributed by atoms with van der Waals surface area (Å²) in [6, 6.07) is 5.27. The van der Waals surface area contributed by atoms with Crippen LogP contribution >= 0.6 is 0 Å². The lowest BCUT2D eigenvalue weighted by Gasteiger charge is -2.28. The van der Waals surface area contributed by atoms with E-state index >= 15 is 0 Å². The molecule has 1 heterocycles. The highest BCUT2D eigenvalue weighted by atomic mass is 16.4. The average molecular weight is 501 g/mol. The van der Waals surface area contributed by atoms with Gasteiger partial charge in [-0.15, -0.1) is 0 Å². The van der Waals surface area contributed by atoms with Crippen LogP contribution in [-0.4, -0.2) is 62.9 Å². The van der Waals surface area contributed by atoms with Crippen LogP contribution in [0.15, 0.2) is 42.9 Å². The summed E-state index contributed by atoms with van der Waals surface area (Å²) in [5.41, 5.74) is 7.50. The predicted molar refractivity (Wildman–Crippen MR) is 134 cm³/mol. The summed E-state index contributed by atoms with van der Waals surface area (Å²) in [4.78, 5) is 57.2. The molecule has 0 saturated heterocycles. The molecule has 2 aromatic rings. The number of nitrogens with two attached hydrogens (primary N) is 1. The van der Waals surface area contributed by atoms with Gasteiger partial charge in [0.2, 0.25) is 17.7 Å². The van der Waals surface area contributed by atoms with Gasteiger partial charge >= 0.3 is 5.97 Å². The van der Waals surface area contributed by atoms with Gasteiger partial charge in [-0.05, 0) is 23.8 Å². The van der Waals surface area contributed by atoms with Crippen molar-refractivity contribution in [2.24, 2.45) is 17.6 Å². The maximum atomic E-state index is 13.1. The monoisotopic (exact) mass is 500 g/mol. The predicted octanol–water partition coefficient (Wildman–Crippen LogP) is 0.373. The molecule has 2 rings (SSSR count). The number of carbonyl (C=O) groups excluding carboxylic acids is 3. The molecule has 0 aliphatic heterocycles. The van der Waals surface area contributed by atoms with Gasteiger partial charge in [-0.2, -0.15) is 0 Å². The standard InChI is InChI=1S/C25H36N6O5/c1-14(2)20(23(33)29-19(25(35)36)11-17-12-27-13-28-17)31-24(34)21(15(3)4)30-22(32)18(26)10-16-8-6-5-7-9-16/h5-9,12-15,18-21H,10-11,26H2,1-4H3,(H,27,28)(H,29,33)(H,30,32)(H,31,34)(H,35,36). The molecule has 4 atom stereocenters. The summed E-state index contributed by atoms with van der Waals surface area (Å²) >= 11 is 0. The molecule has 7 N–H and O–H groups in total. The normalized spacial score (nSPS) is 14.5. The summed E-state index contributed by atoms with van der Waals surface area (Å²) in [7, 11) is 0. The van der Waals surface area contributed by atoms with Gasteiger partial charge in [-0.3, -0.25) is 14.4 Å². The van der Waals surface area contributed by atoms with E-state index in [1.807, 2.05) is 30.3 Å². The first-order chi connectivity index (χ1) is 17.0. The first kappa shape index (κ1) is 28.5. The Morgan fingerprint density at radius 2 is 1.44 bits per heavy atom. The SMILES string of the molecule is CC(C)C(NC(=O)C(N)Cc1ccccc1)C(=O)NC(C(=O)NC(Cc1cnc[nH]1)C(=O)O)C(C)C. The lowest BCUT2D eigenvalue weighted by Crippen LogP contribution is -2.59. The highest BCUT2D eigenvalue weighted by molar-refractivity contribution is 5.94. The molecule has 0 radical (unpaired) electrons. The first-order valence-electron chi connectivity index (χ1n) is 11.9. The molecule has 1 aromatic carbocycles. The smallest absolute Gasteiger partial charge is 0.326 e. The average Bonchev–Trinajstić information content (AvgIpc) is 3.33. The van der Waals surface area contributed by atoms with Crippen LogP contribution in [0.1, 0.15) is 39.0 Å². The number of aliphatic carboxylic acids is 1. The van der Waals surface area contributed by atoms with Crippen LogP contribution < -0.4 is 21.7 Å². The van der Waals surface area contributed by atoms with Gasteiger partial charge in [0, 0.05) is 18.3 Å². The highest BCUT2D eigenvalue weighted by Gasteiger charge is 2.33. The molecule has 4 unspecified atom stereocenters. The second kappa shape index (κ2) is 13.4. The van der Waals surface area contributed by atoms with Gasteiger partial charge in [0.1, 0.15) is 18.1 Å². The number of aromatic nitrogens is 2. The molecule has 11 nitrogen and oxygen atoms in total. The quantitative estimate of drug-likeness (QED) is 0.230. The Kier molecular flexibility index (Phi) is 10.6. The second-order valence-electron chi connectivity index (χ2n) is 9.44. The lowest BCUT2D eigenvalue weighted by molar-refractivity contribution is -0.142. The molecule has 0 bridgehead atoms. The summed E-state index contributed by atoms with van der Waals surface area (Å²) in [5.74, 6) is -3.53.